The predicted octanol–water partition coefficient (Wildman–Crippen LogP) is 2.44. The summed E-state index contributed by atoms with van der Waals surface area (Å²) in [6, 6.07) is 6.84. The van der Waals surface area contributed by atoms with E-state index in [1.165, 1.54) is 5.01 Å². The third-order valence-corrected chi connectivity index (χ3v) is 4.97. The minimum absolute atomic E-state index is 0.00869. The number of nitrogens with zero attached hydrogens (tertiary/aromatic N) is 3. The van der Waals surface area contributed by atoms with Gasteiger partial charge in [-0.2, -0.15) is 5.10 Å². The third-order valence-electron chi connectivity index (χ3n) is 4.97. The van der Waals surface area contributed by atoms with Crippen LogP contribution in [0.1, 0.15) is 36.8 Å². The molecule has 0 spiro atoms. The Labute approximate surface area is 162 Å². The molecule has 1 fully saturated rings. The lowest BCUT2D eigenvalue weighted by atomic mass is 10.1. The molecule has 1 aliphatic carbocycles. The van der Waals surface area contributed by atoms with Gasteiger partial charge in [0.2, 0.25) is 5.91 Å². The van der Waals surface area contributed by atoms with E-state index in [0.29, 0.717) is 36.8 Å². The normalized spacial score (nSPS) is 19.0. The monoisotopic (exact) mass is 385 g/mol. The number of methoxy groups -OCH3 is 1. The number of carbonyl (C=O) groups excluding carboxylic acids is 2. The summed E-state index contributed by atoms with van der Waals surface area (Å²) < 4.78 is 16.1. The summed E-state index contributed by atoms with van der Waals surface area (Å²) in [4.78, 5) is 27.2. The van der Waals surface area contributed by atoms with Crippen molar-refractivity contribution in [3.8, 4) is 0 Å². The van der Waals surface area contributed by atoms with Gasteiger partial charge >= 0.3 is 0 Å². The smallest absolute Gasteiger partial charge is 0.262 e. The molecule has 2 aliphatic rings. The molecule has 0 saturated heterocycles. The van der Waals surface area contributed by atoms with E-state index in [1.54, 1.807) is 36.7 Å². The fourth-order valence-corrected chi connectivity index (χ4v) is 3.33. The second kappa shape index (κ2) is 8.02. The second-order valence-corrected chi connectivity index (χ2v) is 7.02. The number of ether oxygens (including phenoxy) is 1. The number of rotatable bonds is 8. The van der Waals surface area contributed by atoms with Crippen LogP contribution in [0.2, 0.25) is 0 Å². The van der Waals surface area contributed by atoms with Crippen LogP contribution < -0.4 is 0 Å². The molecule has 2 amide bonds. The average molecular weight is 385 g/mol. The maximum absolute atomic E-state index is 13.1. The molecule has 1 unspecified atom stereocenters. The zero-order chi connectivity index (χ0) is 19.5. The summed E-state index contributed by atoms with van der Waals surface area (Å²) in [6.07, 6.45) is 5.41. The number of furan rings is 2. The number of hydrazone groups is 1. The highest BCUT2D eigenvalue weighted by Crippen LogP contribution is 2.34. The van der Waals surface area contributed by atoms with Gasteiger partial charge in [-0.3, -0.25) is 9.59 Å². The lowest BCUT2D eigenvalue weighted by molar-refractivity contribution is -0.143. The molecule has 3 heterocycles. The molecule has 2 aromatic heterocycles. The van der Waals surface area contributed by atoms with Crippen molar-refractivity contribution in [1.82, 2.24) is 9.91 Å². The Hall–Kier alpha value is -2.87. The molecule has 8 nitrogen and oxygen atoms in total. The minimum atomic E-state index is -0.358. The zero-order valence-corrected chi connectivity index (χ0v) is 15.7. The molecule has 28 heavy (non-hydrogen) atoms. The standard InChI is InChI=1S/C20H23N3O5/c1-26-11-8-22(20(25)14-6-7-14)13-19(24)23-16(18-5-3-10-28-18)12-15(21-23)17-4-2-9-27-17/h2-5,9-10,14,16H,6-8,11-13H2,1H3. The van der Waals surface area contributed by atoms with Gasteiger partial charge in [0.15, 0.2) is 0 Å². The van der Waals surface area contributed by atoms with E-state index in [2.05, 4.69) is 5.10 Å². The van der Waals surface area contributed by atoms with E-state index in [4.69, 9.17) is 13.6 Å². The van der Waals surface area contributed by atoms with Gasteiger partial charge in [0.05, 0.1) is 19.1 Å². The summed E-state index contributed by atoms with van der Waals surface area (Å²) in [5.74, 6) is 1.06. The van der Waals surface area contributed by atoms with Crippen LogP contribution >= 0.6 is 0 Å². The molecule has 8 heteroatoms. The number of hydrogen-bond donors (Lipinski definition) is 0. The Kier molecular flexibility index (Phi) is 5.29. The number of amides is 2. The topological polar surface area (TPSA) is 88.5 Å². The Morgan fingerprint density at radius 2 is 2.04 bits per heavy atom. The first-order valence-electron chi connectivity index (χ1n) is 9.42. The van der Waals surface area contributed by atoms with Crippen molar-refractivity contribution in [2.45, 2.75) is 25.3 Å². The summed E-state index contributed by atoms with van der Waals surface area (Å²) in [5.41, 5.74) is 0.678. The molecule has 4 rings (SSSR count). The van der Waals surface area contributed by atoms with E-state index >= 15 is 0 Å². The first-order valence-corrected chi connectivity index (χ1v) is 9.42. The Balaban J connectivity index is 1.54. The SMILES string of the molecule is COCCN(CC(=O)N1N=C(c2ccco2)CC1c1ccco1)C(=O)C1CC1. The quantitative estimate of drug-likeness (QED) is 0.696. The van der Waals surface area contributed by atoms with Crippen LogP contribution in [0.15, 0.2) is 50.7 Å². The number of carbonyl (C=O) groups is 2. The molecular formula is C20H23N3O5. The van der Waals surface area contributed by atoms with Crippen molar-refractivity contribution in [2.24, 2.45) is 11.0 Å². The Morgan fingerprint density at radius 3 is 2.68 bits per heavy atom. The first kappa shape index (κ1) is 18.5. The van der Waals surface area contributed by atoms with Crippen molar-refractivity contribution in [2.75, 3.05) is 26.8 Å². The highest BCUT2D eigenvalue weighted by molar-refractivity contribution is 6.01. The zero-order valence-electron chi connectivity index (χ0n) is 15.7. The van der Waals surface area contributed by atoms with Crippen molar-refractivity contribution < 1.29 is 23.2 Å². The maximum Gasteiger partial charge on any atom is 0.262 e. The summed E-state index contributed by atoms with van der Waals surface area (Å²) >= 11 is 0. The Bertz CT molecular complexity index is 839. The fraction of sp³-hybridized carbons (Fsp3) is 0.450. The van der Waals surface area contributed by atoms with Crippen LogP contribution in [-0.2, 0) is 14.3 Å². The van der Waals surface area contributed by atoms with Gasteiger partial charge < -0.3 is 18.5 Å². The summed E-state index contributed by atoms with van der Waals surface area (Å²) in [6.45, 7) is 0.727. The van der Waals surface area contributed by atoms with Crippen LogP contribution in [0, 0.1) is 5.92 Å². The molecule has 148 valence electrons. The van der Waals surface area contributed by atoms with Crippen LogP contribution in [0.25, 0.3) is 0 Å². The van der Waals surface area contributed by atoms with Crippen molar-refractivity contribution in [3.05, 3.63) is 48.3 Å². The molecule has 1 saturated carbocycles. The molecule has 0 aromatic carbocycles. The molecule has 1 atom stereocenters. The highest BCUT2D eigenvalue weighted by Gasteiger charge is 2.38. The average Bonchev–Trinajstić information content (AvgIpc) is 3.13. The van der Waals surface area contributed by atoms with Gasteiger partial charge in [0, 0.05) is 26.0 Å². The maximum atomic E-state index is 13.1. The van der Waals surface area contributed by atoms with Gasteiger partial charge in [-0.1, -0.05) is 0 Å². The van der Waals surface area contributed by atoms with Gasteiger partial charge in [0.1, 0.15) is 29.8 Å². The third kappa shape index (κ3) is 3.87. The predicted molar refractivity (Wildman–Crippen MR) is 99.3 cm³/mol. The van der Waals surface area contributed by atoms with E-state index in [0.717, 1.165) is 12.8 Å². The molecular weight excluding hydrogens is 362 g/mol. The van der Waals surface area contributed by atoms with Crippen LogP contribution in [0.5, 0.6) is 0 Å². The summed E-state index contributed by atoms with van der Waals surface area (Å²) in [7, 11) is 1.58. The van der Waals surface area contributed by atoms with Gasteiger partial charge in [-0.15, -0.1) is 0 Å². The van der Waals surface area contributed by atoms with Gasteiger partial charge in [0.25, 0.3) is 5.91 Å². The Morgan fingerprint density at radius 1 is 1.25 bits per heavy atom. The lowest BCUT2D eigenvalue weighted by Crippen LogP contribution is -2.43. The van der Waals surface area contributed by atoms with Crippen LogP contribution in [-0.4, -0.2) is 54.2 Å². The fourth-order valence-electron chi connectivity index (χ4n) is 3.33. The summed E-state index contributed by atoms with van der Waals surface area (Å²) in [5, 5.41) is 5.91. The van der Waals surface area contributed by atoms with Gasteiger partial charge in [-0.05, 0) is 37.1 Å². The number of hydrogen-bond acceptors (Lipinski definition) is 6. The van der Waals surface area contributed by atoms with Crippen molar-refractivity contribution in [3.63, 3.8) is 0 Å². The molecule has 0 bridgehead atoms. The second-order valence-electron chi connectivity index (χ2n) is 7.02. The molecule has 1 aliphatic heterocycles. The lowest BCUT2D eigenvalue weighted by Gasteiger charge is -2.26. The first-order chi connectivity index (χ1) is 13.7. The highest BCUT2D eigenvalue weighted by atomic mass is 16.5. The van der Waals surface area contributed by atoms with Crippen LogP contribution in [0.4, 0.5) is 0 Å². The molecule has 2 aromatic rings. The molecule has 0 N–H and O–H groups in total. The molecule has 0 radical (unpaired) electrons. The van der Waals surface area contributed by atoms with Crippen molar-refractivity contribution >= 4 is 17.5 Å². The van der Waals surface area contributed by atoms with E-state index in [9.17, 15) is 9.59 Å². The largest absolute Gasteiger partial charge is 0.467 e. The van der Waals surface area contributed by atoms with Crippen LogP contribution in [0.3, 0.4) is 0 Å². The van der Waals surface area contributed by atoms with Crippen molar-refractivity contribution in [1.29, 1.82) is 0 Å². The van der Waals surface area contributed by atoms with E-state index < -0.39 is 0 Å². The van der Waals surface area contributed by atoms with E-state index in [1.807, 2.05) is 12.1 Å². The van der Waals surface area contributed by atoms with Gasteiger partial charge in [-0.25, -0.2) is 5.01 Å². The van der Waals surface area contributed by atoms with E-state index in [-0.39, 0.29) is 30.3 Å². The minimum Gasteiger partial charge on any atom is -0.467 e.